The van der Waals surface area contributed by atoms with Gasteiger partial charge in [-0.15, -0.1) is 0 Å². The molecule has 0 aromatic rings. The van der Waals surface area contributed by atoms with E-state index in [0.717, 1.165) is 0 Å². The van der Waals surface area contributed by atoms with Crippen LogP contribution in [0.25, 0.3) is 0 Å². The summed E-state index contributed by atoms with van der Waals surface area (Å²) in [6.07, 6.45) is 0. The Balaban J connectivity index is -0.00000000655. The molecule has 0 unspecified atom stereocenters. The van der Waals surface area contributed by atoms with Crippen LogP contribution in [0, 0.1) is 0 Å². The van der Waals surface area contributed by atoms with Crippen LogP contribution in [0.15, 0.2) is 0 Å². The zero-order valence-corrected chi connectivity index (χ0v) is 25.0. The maximum Gasteiger partial charge on any atom is 0 e. The minimum Gasteiger partial charge on any atom is -0.713 e. The molecule has 0 saturated heterocycles. The van der Waals surface area contributed by atoms with Gasteiger partial charge in [-0.1, -0.05) is 0 Å². The summed E-state index contributed by atoms with van der Waals surface area (Å²) in [5, 5.41) is 0. The average molecular weight is 1050 g/mol. The van der Waals surface area contributed by atoms with Gasteiger partial charge in [0.05, 0.1) is 0 Å². The second-order valence-corrected chi connectivity index (χ2v) is 0. The number of hydrogen-bond donors (Lipinski definition) is 0. The molecule has 0 aromatic carbocycles. The molecule has 13 heavy (non-hydrogen) atoms. The Kier molecular flexibility index (Phi) is 405. The van der Waals surface area contributed by atoms with Gasteiger partial charge < -0.3 is 58.8 Å². The molecular weight excluding hydrogens is 1050 g/mol. The molecule has 0 bridgehead atoms. The molecule has 0 aliphatic heterocycles. The van der Waals surface area contributed by atoms with E-state index in [1.165, 1.54) is 0 Å². The predicted octanol–water partition coefficient (Wildman–Crippen LogP) is 5.30. The predicted molar refractivity (Wildman–Crippen MR) is 128 cm³/mol. The van der Waals surface area contributed by atoms with Crippen molar-refractivity contribution in [1.29, 1.82) is 0 Å². The zero-order valence-electron chi connectivity index (χ0n) is 5.13. The zero-order chi connectivity index (χ0) is 12.0. The van der Waals surface area contributed by atoms with Crippen LogP contribution in [0.4, 0.5) is 0 Å². The first-order valence-corrected chi connectivity index (χ1v) is 18.6. The molecule has 0 spiro atoms. The molecule has 90 valence electrons. The summed E-state index contributed by atoms with van der Waals surface area (Å²) in [5.74, 6) is 0. The summed E-state index contributed by atoms with van der Waals surface area (Å²) >= 11 is 10.4. The Hall–Kier alpha value is 7.17. The summed E-state index contributed by atoms with van der Waals surface area (Å²) in [4.78, 5) is 0. The van der Waals surface area contributed by atoms with E-state index in [9.17, 15) is 0 Å². The number of hydrogen-bond acceptors (Lipinski definition) is 6. The van der Waals surface area contributed by atoms with Crippen molar-refractivity contribution in [2.24, 2.45) is 0 Å². The molecule has 0 aliphatic rings. The van der Waals surface area contributed by atoms with Crippen molar-refractivity contribution in [1.82, 2.24) is 0 Å². The Labute approximate surface area is 201 Å². The van der Waals surface area contributed by atoms with Crippen molar-refractivity contribution < 1.29 is 21.1 Å². The smallest absolute Gasteiger partial charge is 0 e. The molecular formula is I6MoS6-6. The Morgan fingerprint density at radius 3 is 0.308 bits per heavy atom. The van der Waals surface area contributed by atoms with Crippen LogP contribution in [-0.2, 0) is 79.9 Å². The molecule has 0 N–H and O–H groups in total. The van der Waals surface area contributed by atoms with Crippen molar-refractivity contribution in [3.63, 3.8) is 0 Å². The molecule has 0 aromatic heterocycles. The van der Waals surface area contributed by atoms with Crippen LogP contribution >= 0.6 is 127 Å². The van der Waals surface area contributed by atoms with E-state index in [2.05, 4.69) is 58.8 Å². The van der Waals surface area contributed by atoms with E-state index in [1.807, 2.05) is 0 Å². The summed E-state index contributed by atoms with van der Waals surface area (Å²) in [7, 11) is 24.3. The normalized spacial score (nSPS) is 2.77. The van der Waals surface area contributed by atoms with Gasteiger partial charge in [-0.05, 0) is 0 Å². The van der Waals surface area contributed by atoms with Gasteiger partial charge in [0.25, 0.3) is 0 Å². The fourth-order valence-corrected chi connectivity index (χ4v) is 0. The van der Waals surface area contributed by atoms with E-state index in [-0.39, 0.29) is 21.1 Å². The van der Waals surface area contributed by atoms with Crippen LogP contribution in [0.1, 0.15) is 0 Å². The first kappa shape index (κ1) is 42.7. The van der Waals surface area contributed by atoms with Gasteiger partial charge in [0.1, 0.15) is 0 Å². The first-order valence-electron chi connectivity index (χ1n) is 0.926. The summed E-state index contributed by atoms with van der Waals surface area (Å²) in [5.41, 5.74) is 0. The molecule has 0 fully saturated rings. The van der Waals surface area contributed by atoms with Crippen molar-refractivity contribution in [3.05, 3.63) is 0 Å². The number of halogens is 6. The van der Waals surface area contributed by atoms with Gasteiger partial charge in [0.15, 0.2) is 0 Å². The standard InChI is InChI=1S/6IS.Mo/c6*1-2;/q6*-1;. The van der Waals surface area contributed by atoms with E-state index < -0.39 is 0 Å². The van der Waals surface area contributed by atoms with Crippen molar-refractivity contribution in [3.8, 4) is 0 Å². The molecule has 13 heteroatoms. The Bertz CT molecular complexity index is 17.1. The van der Waals surface area contributed by atoms with Crippen LogP contribution in [0.5, 0.6) is 0 Å². The molecule has 0 radical (unpaired) electrons. The van der Waals surface area contributed by atoms with Crippen LogP contribution in [-0.4, -0.2) is 0 Å². The minimum absolute atomic E-state index is 0. The third-order valence-electron chi connectivity index (χ3n) is 0. The summed E-state index contributed by atoms with van der Waals surface area (Å²) in [6, 6.07) is 0. The van der Waals surface area contributed by atoms with Crippen LogP contribution in [0.3, 0.4) is 0 Å². The maximum atomic E-state index is 4.05. The van der Waals surface area contributed by atoms with E-state index in [4.69, 9.17) is 0 Å². The Morgan fingerprint density at radius 1 is 0.308 bits per heavy atom. The molecule has 0 amide bonds. The van der Waals surface area contributed by atoms with E-state index in [1.54, 1.807) is 127 Å². The minimum atomic E-state index is 0. The summed E-state index contributed by atoms with van der Waals surface area (Å²) in [6.45, 7) is 0. The number of rotatable bonds is 0. The van der Waals surface area contributed by atoms with E-state index in [0.29, 0.717) is 0 Å². The van der Waals surface area contributed by atoms with Crippen LogP contribution in [0.2, 0.25) is 0 Å². The molecule has 0 nitrogen and oxygen atoms in total. The average Bonchev–Trinajstić information content (AvgIpc) is 2.33. The monoisotopic (exact) mass is 1050 g/mol. The molecule has 0 saturated carbocycles. The topological polar surface area (TPSA) is 0 Å². The quantitative estimate of drug-likeness (QED) is 0.183. The van der Waals surface area contributed by atoms with Gasteiger partial charge in [0, 0.05) is 21.1 Å². The largest absolute Gasteiger partial charge is 0.713 e. The second-order valence-electron chi connectivity index (χ2n) is 0. The van der Waals surface area contributed by atoms with Crippen molar-refractivity contribution in [2.45, 2.75) is 0 Å². The van der Waals surface area contributed by atoms with Crippen molar-refractivity contribution >= 4 is 186 Å². The van der Waals surface area contributed by atoms with Gasteiger partial charge in [0.2, 0.25) is 0 Å². The van der Waals surface area contributed by atoms with Gasteiger partial charge in [-0.2, -0.15) is 0 Å². The van der Waals surface area contributed by atoms with Gasteiger partial charge in [-0.3, -0.25) is 127 Å². The molecule has 0 rings (SSSR count). The van der Waals surface area contributed by atoms with E-state index >= 15 is 0 Å². The second kappa shape index (κ2) is 123. The maximum absolute atomic E-state index is 4.05. The fourth-order valence-electron chi connectivity index (χ4n) is 0. The molecule has 0 atom stereocenters. The molecule has 0 aliphatic carbocycles. The van der Waals surface area contributed by atoms with Gasteiger partial charge >= 0.3 is 0 Å². The molecule has 0 heterocycles. The van der Waals surface area contributed by atoms with Gasteiger partial charge in [-0.25, -0.2) is 0 Å². The van der Waals surface area contributed by atoms with Crippen molar-refractivity contribution in [2.75, 3.05) is 0 Å². The Morgan fingerprint density at radius 2 is 0.308 bits per heavy atom. The van der Waals surface area contributed by atoms with Crippen LogP contribution < -0.4 is 0 Å². The summed E-state index contributed by atoms with van der Waals surface area (Å²) < 4.78 is 0. The third-order valence-corrected chi connectivity index (χ3v) is 0. The SMILES string of the molecule is [Mo].[S-]I.[S-]I.[S-]I.[S-]I.[S-]I.[S-]I. The fraction of sp³-hybridized carbons (Fsp3) is 0. The third kappa shape index (κ3) is 110. The first-order chi connectivity index (χ1) is 6.00.